The van der Waals surface area contributed by atoms with Gasteiger partial charge in [-0.1, -0.05) is 0 Å². The van der Waals surface area contributed by atoms with Gasteiger partial charge in [0, 0.05) is 0 Å². The van der Waals surface area contributed by atoms with Crippen molar-refractivity contribution < 1.29 is 9.84 Å². The van der Waals surface area contributed by atoms with Crippen molar-refractivity contribution in [2.24, 2.45) is 0 Å². The summed E-state index contributed by atoms with van der Waals surface area (Å²) in [5, 5.41) is 19.8. The van der Waals surface area contributed by atoms with Crippen LogP contribution in [0.2, 0.25) is 0 Å². The van der Waals surface area contributed by atoms with Gasteiger partial charge in [-0.25, -0.2) is 0 Å². The second-order valence-electron chi connectivity index (χ2n) is 6.66. The molecule has 0 amide bonds. The Bertz CT molecular complexity index is 720. The van der Waals surface area contributed by atoms with E-state index in [4.69, 9.17) is 4.74 Å². The minimum atomic E-state index is -0.619. The number of benzene rings is 1. The summed E-state index contributed by atoms with van der Waals surface area (Å²) >= 11 is 1.49. The van der Waals surface area contributed by atoms with Gasteiger partial charge in [0.05, 0.1) is 0 Å². The monoisotopic (exact) mass is 393 g/mol. The molecule has 0 radical (unpaired) electrons. The van der Waals surface area contributed by atoms with E-state index >= 15 is 0 Å². The van der Waals surface area contributed by atoms with E-state index in [2.05, 4.69) is 15.5 Å². The molecule has 1 heterocycles. The van der Waals surface area contributed by atoms with E-state index < -0.39 is 6.10 Å². The SMILES string of the molecule is CC(C)(C)NCC(O)COc1cc([AsH2])ccc1-c1ccc(=O)[nH]n1. The number of aromatic nitrogens is 2. The van der Waals surface area contributed by atoms with Crippen molar-refractivity contribution in [1.29, 1.82) is 0 Å². The Morgan fingerprint density at radius 1 is 1.33 bits per heavy atom. The first kappa shape index (κ1) is 18.7. The molecule has 130 valence electrons. The third-order valence-corrected chi connectivity index (χ3v) is 4.01. The number of rotatable bonds is 6. The van der Waals surface area contributed by atoms with Gasteiger partial charge in [-0.15, -0.1) is 0 Å². The van der Waals surface area contributed by atoms with Crippen molar-refractivity contribution in [2.45, 2.75) is 32.4 Å². The molecule has 3 N–H and O–H groups in total. The molecule has 2 rings (SSSR count). The Hall–Kier alpha value is -1.62. The number of aromatic amines is 1. The molecule has 2 unspecified atom stereocenters. The Labute approximate surface area is 150 Å². The molecule has 0 aliphatic carbocycles. The van der Waals surface area contributed by atoms with Crippen molar-refractivity contribution in [3.05, 3.63) is 40.7 Å². The number of ether oxygens (including phenoxy) is 1. The van der Waals surface area contributed by atoms with Crippen LogP contribution in [0.15, 0.2) is 35.1 Å². The Balaban J connectivity index is 2.10. The van der Waals surface area contributed by atoms with E-state index in [0.29, 0.717) is 18.0 Å². The standard InChI is InChI=1S/C17H24AsN3O3/c1-17(2,3)19-9-12(22)10-24-15-8-11(18)4-5-13(15)14-6-7-16(23)21-20-14/h4-8,12,19,22H,9-10,18H2,1-3H3,(H,21,23). The predicted octanol–water partition coefficient (Wildman–Crippen LogP) is -0.177. The fraction of sp³-hybridized carbons (Fsp3) is 0.412. The molecule has 0 spiro atoms. The molecule has 0 saturated carbocycles. The summed E-state index contributed by atoms with van der Waals surface area (Å²) in [7, 11) is 0. The van der Waals surface area contributed by atoms with Gasteiger partial charge >= 0.3 is 150 Å². The van der Waals surface area contributed by atoms with Crippen molar-refractivity contribution >= 4 is 21.2 Å². The van der Waals surface area contributed by atoms with Crippen molar-refractivity contribution in [3.8, 4) is 17.0 Å². The molecule has 0 bridgehead atoms. The number of aliphatic hydroxyl groups is 1. The van der Waals surface area contributed by atoms with Crippen molar-refractivity contribution in [1.82, 2.24) is 15.5 Å². The van der Waals surface area contributed by atoms with Crippen molar-refractivity contribution in [3.63, 3.8) is 0 Å². The van der Waals surface area contributed by atoms with E-state index in [9.17, 15) is 9.90 Å². The first-order valence-corrected chi connectivity index (χ1v) is 8.97. The van der Waals surface area contributed by atoms with Gasteiger partial charge in [0.25, 0.3) is 0 Å². The van der Waals surface area contributed by atoms with Gasteiger partial charge in [-0.2, -0.15) is 0 Å². The summed E-state index contributed by atoms with van der Waals surface area (Å²) in [6.07, 6.45) is -0.619. The number of hydrogen-bond acceptors (Lipinski definition) is 5. The summed E-state index contributed by atoms with van der Waals surface area (Å²) in [6, 6.07) is 8.89. The van der Waals surface area contributed by atoms with Crippen LogP contribution >= 0.6 is 0 Å². The molecule has 1 aromatic heterocycles. The van der Waals surface area contributed by atoms with Gasteiger partial charge in [0.15, 0.2) is 0 Å². The van der Waals surface area contributed by atoms with Crippen LogP contribution in [0.5, 0.6) is 5.75 Å². The summed E-state index contributed by atoms with van der Waals surface area (Å²) in [5.41, 5.74) is 1.10. The van der Waals surface area contributed by atoms with Gasteiger partial charge in [-0.05, 0) is 0 Å². The van der Waals surface area contributed by atoms with Crippen LogP contribution < -0.4 is 20.0 Å². The number of aliphatic hydroxyl groups excluding tert-OH is 1. The second kappa shape index (κ2) is 7.97. The molecule has 24 heavy (non-hydrogen) atoms. The van der Waals surface area contributed by atoms with Crippen LogP contribution in [-0.4, -0.2) is 57.0 Å². The van der Waals surface area contributed by atoms with E-state index in [1.807, 2.05) is 39.0 Å². The number of nitrogens with zero attached hydrogens (tertiary/aromatic N) is 1. The normalized spacial score (nSPS) is 12.9. The third-order valence-electron chi connectivity index (χ3n) is 3.26. The molecule has 6 nitrogen and oxygen atoms in total. The molecular weight excluding hydrogens is 369 g/mol. The molecule has 1 aromatic carbocycles. The summed E-state index contributed by atoms with van der Waals surface area (Å²) in [4.78, 5) is 11.2. The minimum absolute atomic E-state index is 0.0577. The number of H-pyrrole nitrogens is 1. The molecule has 2 aromatic rings. The Morgan fingerprint density at radius 3 is 2.71 bits per heavy atom. The van der Waals surface area contributed by atoms with E-state index in [0.717, 1.165) is 9.91 Å². The molecule has 2 atom stereocenters. The number of hydrogen-bond donors (Lipinski definition) is 3. The molecule has 0 fully saturated rings. The fourth-order valence-electron chi connectivity index (χ4n) is 2.03. The van der Waals surface area contributed by atoms with Crippen LogP contribution in [-0.2, 0) is 0 Å². The Morgan fingerprint density at radius 2 is 2.08 bits per heavy atom. The molecule has 0 saturated heterocycles. The van der Waals surface area contributed by atoms with Crippen LogP contribution in [0.1, 0.15) is 20.8 Å². The second-order valence-corrected chi connectivity index (χ2v) is 8.06. The zero-order valence-electron chi connectivity index (χ0n) is 14.2. The van der Waals surface area contributed by atoms with Crippen LogP contribution in [0.3, 0.4) is 0 Å². The van der Waals surface area contributed by atoms with E-state index in [-0.39, 0.29) is 17.7 Å². The third kappa shape index (κ3) is 5.78. The van der Waals surface area contributed by atoms with Gasteiger partial charge in [0.2, 0.25) is 0 Å². The number of nitrogens with one attached hydrogen (secondary N) is 2. The van der Waals surface area contributed by atoms with Gasteiger partial charge < -0.3 is 0 Å². The average molecular weight is 393 g/mol. The Kier molecular flexibility index (Phi) is 6.21. The van der Waals surface area contributed by atoms with Crippen molar-refractivity contribution in [2.75, 3.05) is 13.2 Å². The topological polar surface area (TPSA) is 87.2 Å². The maximum atomic E-state index is 11.2. The zero-order chi connectivity index (χ0) is 17.7. The van der Waals surface area contributed by atoms with E-state index in [1.54, 1.807) is 6.07 Å². The van der Waals surface area contributed by atoms with Crippen LogP contribution in [0.25, 0.3) is 11.3 Å². The summed E-state index contributed by atoms with van der Waals surface area (Å²) in [6.45, 7) is 6.76. The van der Waals surface area contributed by atoms with Crippen LogP contribution in [0, 0.1) is 0 Å². The first-order chi connectivity index (χ1) is 11.2. The summed E-state index contributed by atoms with van der Waals surface area (Å²) < 4.78 is 6.92. The average Bonchev–Trinajstić information content (AvgIpc) is 2.51. The summed E-state index contributed by atoms with van der Waals surface area (Å²) in [5.74, 6) is 0.645. The fourth-order valence-corrected chi connectivity index (χ4v) is 2.55. The molecule has 7 heteroatoms. The maximum absolute atomic E-state index is 11.2. The van der Waals surface area contributed by atoms with Gasteiger partial charge in [-0.3, -0.25) is 0 Å². The van der Waals surface area contributed by atoms with E-state index in [1.165, 1.54) is 22.9 Å². The number of β-amino-alcohol motifs (C(OH)–C–C–N with tert-alkyl or cyclic N) is 1. The van der Waals surface area contributed by atoms with Gasteiger partial charge in [0.1, 0.15) is 0 Å². The molecule has 0 aliphatic heterocycles. The predicted molar refractivity (Wildman–Crippen MR) is 97.7 cm³/mol. The van der Waals surface area contributed by atoms with Crippen LogP contribution in [0.4, 0.5) is 0 Å². The first-order valence-electron chi connectivity index (χ1n) is 7.76. The zero-order valence-corrected chi connectivity index (χ0v) is 16.6. The quantitative estimate of drug-likeness (QED) is 0.593. The molecular formula is C17H24AsN3O3. The molecule has 0 aliphatic rings.